The summed E-state index contributed by atoms with van der Waals surface area (Å²) in [6, 6.07) is -0.657. The Hall–Kier alpha value is -1.10. The van der Waals surface area contributed by atoms with Crippen molar-refractivity contribution in [2.75, 3.05) is 13.6 Å². The maximum absolute atomic E-state index is 11.6. The lowest BCUT2D eigenvalue weighted by Gasteiger charge is -2.27. The lowest BCUT2D eigenvalue weighted by atomic mass is 10.0. The van der Waals surface area contributed by atoms with Crippen LogP contribution in [0.3, 0.4) is 0 Å². The van der Waals surface area contributed by atoms with Gasteiger partial charge in [0.25, 0.3) is 0 Å². The van der Waals surface area contributed by atoms with Gasteiger partial charge in [-0.25, -0.2) is 0 Å². The van der Waals surface area contributed by atoms with Crippen LogP contribution in [0.15, 0.2) is 0 Å². The van der Waals surface area contributed by atoms with E-state index in [1.807, 2.05) is 20.8 Å². The molecule has 1 atom stereocenters. The highest BCUT2D eigenvalue weighted by Gasteiger charge is 2.22. The summed E-state index contributed by atoms with van der Waals surface area (Å²) in [6.07, 6.45) is 0.830. The van der Waals surface area contributed by atoms with Gasteiger partial charge < -0.3 is 10.4 Å². The topological polar surface area (TPSA) is 69.6 Å². The SMILES string of the molecule is CCC(C)(C)NC(=O)CN(C)C(C)C(=O)O. The normalized spacial score (nSPS) is 13.6. The first-order valence-corrected chi connectivity index (χ1v) is 5.43. The Morgan fingerprint density at radius 3 is 2.31 bits per heavy atom. The molecule has 0 aromatic carbocycles. The second-order valence-electron chi connectivity index (χ2n) is 4.71. The van der Waals surface area contributed by atoms with Gasteiger partial charge in [-0.15, -0.1) is 0 Å². The third-order valence-corrected chi connectivity index (χ3v) is 2.77. The van der Waals surface area contributed by atoms with Crippen molar-refractivity contribution in [1.82, 2.24) is 10.2 Å². The van der Waals surface area contributed by atoms with Crippen LogP contribution in [0.2, 0.25) is 0 Å². The number of carboxylic acid groups (broad SMARTS) is 1. The Balaban J connectivity index is 4.20. The molecule has 0 bridgehead atoms. The minimum atomic E-state index is -0.926. The Morgan fingerprint density at radius 2 is 1.94 bits per heavy atom. The quantitative estimate of drug-likeness (QED) is 0.704. The van der Waals surface area contributed by atoms with E-state index in [9.17, 15) is 9.59 Å². The molecule has 5 nitrogen and oxygen atoms in total. The number of carbonyl (C=O) groups excluding carboxylic acids is 1. The number of aliphatic carboxylic acids is 1. The van der Waals surface area contributed by atoms with E-state index in [1.165, 1.54) is 4.90 Å². The highest BCUT2D eigenvalue weighted by atomic mass is 16.4. The smallest absolute Gasteiger partial charge is 0.320 e. The zero-order valence-electron chi connectivity index (χ0n) is 10.7. The maximum Gasteiger partial charge on any atom is 0.320 e. The molecule has 0 saturated carbocycles. The number of carboxylic acids is 1. The molecular weight excluding hydrogens is 208 g/mol. The fourth-order valence-electron chi connectivity index (χ4n) is 1.06. The van der Waals surface area contributed by atoms with Crippen LogP contribution in [-0.2, 0) is 9.59 Å². The second-order valence-corrected chi connectivity index (χ2v) is 4.71. The van der Waals surface area contributed by atoms with Crippen LogP contribution in [0.25, 0.3) is 0 Å². The predicted octanol–water partition coefficient (Wildman–Crippen LogP) is 0.696. The van der Waals surface area contributed by atoms with Gasteiger partial charge in [-0.05, 0) is 34.2 Å². The Morgan fingerprint density at radius 1 is 1.44 bits per heavy atom. The van der Waals surface area contributed by atoms with E-state index in [0.29, 0.717) is 0 Å². The minimum Gasteiger partial charge on any atom is -0.480 e. The van der Waals surface area contributed by atoms with Gasteiger partial charge in [0.05, 0.1) is 6.54 Å². The molecule has 0 aliphatic carbocycles. The molecule has 0 radical (unpaired) electrons. The van der Waals surface area contributed by atoms with Crippen molar-refractivity contribution in [2.24, 2.45) is 0 Å². The molecule has 0 aromatic rings. The molecule has 0 heterocycles. The lowest BCUT2D eigenvalue weighted by Crippen LogP contribution is -2.49. The molecule has 0 spiro atoms. The molecule has 1 amide bonds. The summed E-state index contributed by atoms with van der Waals surface area (Å²) in [4.78, 5) is 23.8. The van der Waals surface area contributed by atoms with Crippen LogP contribution in [0.4, 0.5) is 0 Å². The van der Waals surface area contributed by atoms with E-state index in [1.54, 1.807) is 14.0 Å². The van der Waals surface area contributed by atoms with E-state index >= 15 is 0 Å². The average molecular weight is 230 g/mol. The molecule has 16 heavy (non-hydrogen) atoms. The number of rotatable bonds is 6. The van der Waals surface area contributed by atoms with Gasteiger partial charge in [0.15, 0.2) is 0 Å². The third kappa shape index (κ3) is 5.11. The van der Waals surface area contributed by atoms with Crippen molar-refractivity contribution in [3.63, 3.8) is 0 Å². The number of nitrogens with one attached hydrogen (secondary N) is 1. The van der Waals surface area contributed by atoms with Gasteiger partial charge in [-0.2, -0.15) is 0 Å². The summed E-state index contributed by atoms with van der Waals surface area (Å²) >= 11 is 0. The van der Waals surface area contributed by atoms with Crippen molar-refractivity contribution < 1.29 is 14.7 Å². The molecule has 0 aliphatic rings. The highest BCUT2D eigenvalue weighted by Crippen LogP contribution is 2.06. The standard InChI is InChI=1S/C11H22N2O3/c1-6-11(3,4)12-9(14)7-13(5)8(2)10(15)16/h8H,6-7H2,1-5H3,(H,12,14)(H,15,16). The van der Waals surface area contributed by atoms with E-state index < -0.39 is 12.0 Å². The van der Waals surface area contributed by atoms with Gasteiger partial charge in [0.1, 0.15) is 6.04 Å². The van der Waals surface area contributed by atoms with Crippen LogP contribution in [0.1, 0.15) is 34.1 Å². The molecule has 0 saturated heterocycles. The largest absolute Gasteiger partial charge is 0.480 e. The van der Waals surface area contributed by atoms with Crippen molar-refractivity contribution in [3.05, 3.63) is 0 Å². The van der Waals surface area contributed by atoms with Gasteiger partial charge >= 0.3 is 5.97 Å². The van der Waals surface area contributed by atoms with Gasteiger partial charge in [0, 0.05) is 5.54 Å². The zero-order valence-corrected chi connectivity index (χ0v) is 10.7. The number of nitrogens with zero attached hydrogens (tertiary/aromatic N) is 1. The first-order valence-electron chi connectivity index (χ1n) is 5.43. The number of amides is 1. The minimum absolute atomic E-state index is 0.0941. The Kier molecular flexibility index (Phi) is 5.44. The highest BCUT2D eigenvalue weighted by molar-refractivity contribution is 5.80. The first kappa shape index (κ1) is 14.9. The number of likely N-dealkylation sites (N-methyl/N-ethyl adjacent to an activating group) is 1. The van der Waals surface area contributed by atoms with E-state index in [-0.39, 0.29) is 18.0 Å². The first-order chi connectivity index (χ1) is 7.19. The molecule has 0 fully saturated rings. The molecule has 2 N–H and O–H groups in total. The Bertz CT molecular complexity index is 264. The molecule has 1 unspecified atom stereocenters. The van der Waals surface area contributed by atoms with Crippen LogP contribution >= 0.6 is 0 Å². The molecule has 0 aliphatic heterocycles. The molecule has 5 heteroatoms. The van der Waals surface area contributed by atoms with Crippen molar-refractivity contribution in [3.8, 4) is 0 Å². The zero-order chi connectivity index (χ0) is 12.9. The van der Waals surface area contributed by atoms with Crippen LogP contribution in [-0.4, -0.2) is 47.1 Å². The summed E-state index contributed by atoms with van der Waals surface area (Å²) in [5.41, 5.74) is -0.246. The second kappa shape index (κ2) is 5.84. The predicted molar refractivity (Wildman–Crippen MR) is 62.2 cm³/mol. The molecule has 0 rings (SSSR count). The lowest BCUT2D eigenvalue weighted by molar-refractivity contribution is -0.142. The summed E-state index contributed by atoms with van der Waals surface area (Å²) in [5, 5.41) is 11.6. The van der Waals surface area contributed by atoms with Crippen LogP contribution in [0, 0.1) is 0 Å². The summed E-state index contributed by atoms with van der Waals surface area (Å²) in [6.45, 7) is 7.51. The fourth-order valence-corrected chi connectivity index (χ4v) is 1.06. The van der Waals surface area contributed by atoms with Gasteiger partial charge in [-0.3, -0.25) is 14.5 Å². The third-order valence-electron chi connectivity index (χ3n) is 2.77. The van der Waals surface area contributed by atoms with Crippen molar-refractivity contribution >= 4 is 11.9 Å². The van der Waals surface area contributed by atoms with E-state index in [0.717, 1.165) is 6.42 Å². The Labute approximate surface area is 96.8 Å². The summed E-state index contributed by atoms with van der Waals surface area (Å²) < 4.78 is 0. The monoisotopic (exact) mass is 230 g/mol. The van der Waals surface area contributed by atoms with E-state index in [2.05, 4.69) is 5.32 Å². The van der Waals surface area contributed by atoms with Crippen molar-refractivity contribution in [1.29, 1.82) is 0 Å². The molecule has 94 valence electrons. The average Bonchev–Trinajstić information content (AvgIpc) is 2.15. The summed E-state index contributed by atoms with van der Waals surface area (Å²) in [7, 11) is 1.62. The van der Waals surface area contributed by atoms with Gasteiger partial charge in [-0.1, -0.05) is 6.92 Å². The molecule has 0 aromatic heterocycles. The van der Waals surface area contributed by atoms with Gasteiger partial charge in [0.2, 0.25) is 5.91 Å². The van der Waals surface area contributed by atoms with Crippen LogP contribution in [0.5, 0.6) is 0 Å². The number of hydrogen-bond donors (Lipinski definition) is 2. The maximum atomic E-state index is 11.6. The van der Waals surface area contributed by atoms with Crippen LogP contribution < -0.4 is 5.32 Å². The number of carbonyl (C=O) groups is 2. The van der Waals surface area contributed by atoms with E-state index in [4.69, 9.17) is 5.11 Å². The van der Waals surface area contributed by atoms with Crippen molar-refractivity contribution in [2.45, 2.75) is 45.7 Å². The number of hydrogen-bond acceptors (Lipinski definition) is 3. The summed E-state index contributed by atoms with van der Waals surface area (Å²) in [5.74, 6) is -1.08. The fraction of sp³-hybridized carbons (Fsp3) is 0.818. The molecular formula is C11H22N2O3.